The number of aromatic nitrogens is 2. The molecule has 0 bridgehead atoms. The molecule has 1 aromatic carbocycles. The average molecular weight is 404 g/mol. The van der Waals surface area contributed by atoms with E-state index in [1.54, 1.807) is 20.3 Å². The standard InChI is InChI=1S/C13H12Br2N2O3/c1-19-6-9-11(15)13(18)17-12(16-9)8-5-7(14)3-4-10(8)20-2/h3-5H,6H2,1-2H3,(H,16,17,18). The lowest BCUT2D eigenvalue weighted by atomic mass is 10.2. The Hall–Kier alpha value is -1.18. The molecule has 0 radical (unpaired) electrons. The summed E-state index contributed by atoms with van der Waals surface area (Å²) in [4.78, 5) is 19.1. The molecule has 1 N–H and O–H groups in total. The van der Waals surface area contributed by atoms with Crippen molar-refractivity contribution >= 4 is 31.9 Å². The van der Waals surface area contributed by atoms with Crippen molar-refractivity contribution < 1.29 is 9.47 Å². The minimum atomic E-state index is -0.260. The maximum absolute atomic E-state index is 11.9. The van der Waals surface area contributed by atoms with E-state index in [-0.39, 0.29) is 12.2 Å². The Morgan fingerprint density at radius 3 is 2.70 bits per heavy atom. The molecular weight excluding hydrogens is 392 g/mol. The molecule has 0 fully saturated rings. The number of methoxy groups -OCH3 is 2. The summed E-state index contributed by atoms with van der Waals surface area (Å²) < 4.78 is 11.6. The third-order valence-electron chi connectivity index (χ3n) is 2.63. The van der Waals surface area contributed by atoms with Crippen LogP contribution in [-0.4, -0.2) is 24.2 Å². The summed E-state index contributed by atoms with van der Waals surface area (Å²) >= 11 is 6.61. The van der Waals surface area contributed by atoms with Gasteiger partial charge in [0.2, 0.25) is 0 Å². The van der Waals surface area contributed by atoms with Crippen molar-refractivity contribution in [3.8, 4) is 17.1 Å². The molecule has 0 aliphatic heterocycles. The number of nitrogens with zero attached hydrogens (tertiary/aromatic N) is 1. The largest absolute Gasteiger partial charge is 0.496 e. The summed E-state index contributed by atoms with van der Waals surface area (Å²) in [5, 5.41) is 0. The summed E-state index contributed by atoms with van der Waals surface area (Å²) in [7, 11) is 3.12. The first-order valence-corrected chi connectivity index (χ1v) is 7.27. The zero-order valence-electron chi connectivity index (χ0n) is 10.9. The summed E-state index contributed by atoms with van der Waals surface area (Å²) in [6.07, 6.45) is 0. The van der Waals surface area contributed by atoms with E-state index >= 15 is 0 Å². The van der Waals surface area contributed by atoms with Crippen LogP contribution in [0, 0.1) is 0 Å². The molecule has 20 heavy (non-hydrogen) atoms. The highest BCUT2D eigenvalue weighted by Gasteiger charge is 2.14. The van der Waals surface area contributed by atoms with Crippen LogP contribution in [0.2, 0.25) is 0 Å². The molecule has 1 aromatic heterocycles. The fourth-order valence-corrected chi connectivity index (χ4v) is 2.39. The quantitative estimate of drug-likeness (QED) is 0.851. The van der Waals surface area contributed by atoms with Crippen molar-refractivity contribution in [1.29, 1.82) is 0 Å². The van der Waals surface area contributed by atoms with Crippen molar-refractivity contribution in [2.24, 2.45) is 0 Å². The van der Waals surface area contributed by atoms with Gasteiger partial charge in [-0.3, -0.25) is 4.79 Å². The van der Waals surface area contributed by atoms with E-state index in [1.165, 1.54) is 0 Å². The Bertz CT molecular complexity index is 686. The molecule has 0 spiro atoms. The number of rotatable bonds is 4. The molecule has 0 saturated heterocycles. The minimum absolute atomic E-state index is 0.244. The van der Waals surface area contributed by atoms with E-state index in [1.807, 2.05) is 12.1 Å². The van der Waals surface area contributed by atoms with Crippen molar-refractivity contribution in [3.05, 3.63) is 43.2 Å². The fourth-order valence-electron chi connectivity index (χ4n) is 1.73. The summed E-state index contributed by atoms with van der Waals surface area (Å²) in [6.45, 7) is 0.244. The number of H-pyrrole nitrogens is 1. The maximum atomic E-state index is 11.9. The van der Waals surface area contributed by atoms with Crippen molar-refractivity contribution in [2.45, 2.75) is 6.61 Å². The predicted molar refractivity (Wildman–Crippen MR) is 83.0 cm³/mol. The van der Waals surface area contributed by atoms with E-state index in [0.717, 1.165) is 4.47 Å². The Balaban J connectivity index is 2.64. The van der Waals surface area contributed by atoms with Gasteiger partial charge in [0.1, 0.15) is 16.0 Å². The Kier molecular flexibility index (Phi) is 4.95. The molecule has 1 heterocycles. The number of benzene rings is 1. The number of ether oxygens (including phenoxy) is 2. The summed E-state index contributed by atoms with van der Waals surface area (Å²) in [6, 6.07) is 5.49. The van der Waals surface area contributed by atoms with E-state index in [0.29, 0.717) is 27.3 Å². The van der Waals surface area contributed by atoms with Gasteiger partial charge in [-0.15, -0.1) is 0 Å². The second-order valence-corrected chi connectivity index (χ2v) is 5.66. The maximum Gasteiger partial charge on any atom is 0.265 e. The zero-order valence-corrected chi connectivity index (χ0v) is 14.0. The van der Waals surface area contributed by atoms with Crippen molar-refractivity contribution in [2.75, 3.05) is 14.2 Å². The van der Waals surface area contributed by atoms with Gasteiger partial charge in [0.05, 0.1) is 25.0 Å². The van der Waals surface area contributed by atoms with Crippen LogP contribution < -0.4 is 10.3 Å². The van der Waals surface area contributed by atoms with E-state index < -0.39 is 0 Å². The lowest BCUT2D eigenvalue weighted by Crippen LogP contribution is -2.14. The minimum Gasteiger partial charge on any atom is -0.496 e. The Labute approximate surface area is 132 Å². The van der Waals surface area contributed by atoms with Crippen LogP contribution in [0.3, 0.4) is 0 Å². The number of halogens is 2. The topological polar surface area (TPSA) is 64.2 Å². The highest BCUT2D eigenvalue weighted by molar-refractivity contribution is 9.10. The molecule has 7 heteroatoms. The molecule has 106 valence electrons. The zero-order chi connectivity index (χ0) is 14.7. The second-order valence-electron chi connectivity index (χ2n) is 3.95. The molecule has 0 amide bonds. The Morgan fingerprint density at radius 1 is 1.30 bits per heavy atom. The first-order chi connectivity index (χ1) is 9.56. The fraction of sp³-hybridized carbons (Fsp3) is 0.231. The predicted octanol–water partition coefficient (Wildman–Crippen LogP) is 3.12. The van der Waals surface area contributed by atoms with Crippen LogP contribution in [0.15, 0.2) is 31.9 Å². The second kappa shape index (κ2) is 6.51. The highest BCUT2D eigenvalue weighted by Crippen LogP contribution is 2.30. The van der Waals surface area contributed by atoms with Gasteiger partial charge in [0, 0.05) is 11.6 Å². The first-order valence-electron chi connectivity index (χ1n) is 5.68. The van der Waals surface area contributed by atoms with Gasteiger partial charge < -0.3 is 14.5 Å². The molecule has 0 atom stereocenters. The summed E-state index contributed by atoms with van der Waals surface area (Å²) in [5.74, 6) is 1.06. The molecule has 0 aliphatic rings. The highest BCUT2D eigenvalue weighted by atomic mass is 79.9. The van der Waals surface area contributed by atoms with Crippen molar-refractivity contribution in [3.63, 3.8) is 0 Å². The number of aromatic amines is 1. The third-order valence-corrected chi connectivity index (χ3v) is 3.94. The van der Waals surface area contributed by atoms with E-state index in [4.69, 9.17) is 9.47 Å². The van der Waals surface area contributed by atoms with Gasteiger partial charge in [-0.05, 0) is 34.1 Å². The summed E-state index contributed by atoms with van der Waals surface area (Å²) in [5.41, 5.74) is 0.973. The third kappa shape index (κ3) is 3.11. The van der Waals surface area contributed by atoms with Gasteiger partial charge in [-0.25, -0.2) is 4.98 Å². The lowest BCUT2D eigenvalue weighted by Gasteiger charge is -2.10. The smallest absolute Gasteiger partial charge is 0.265 e. The molecule has 0 unspecified atom stereocenters. The number of hydrogen-bond donors (Lipinski definition) is 1. The Morgan fingerprint density at radius 2 is 2.05 bits per heavy atom. The molecule has 0 saturated carbocycles. The average Bonchev–Trinajstić information content (AvgIpc) is 2.43. The first kappa shape index (κ1) is 15.2. The van der Waals surface area contributed by atoms with Gasteiger partial charge in [-0.1, -0.05) is 15.9 Å². The van der Waals surface area contributed by atoms with Gasteiger partial charge in [0.15, 0.2) is 0 Å². The van der Waals surface area contributed by atoms with Crippen LogP contribution in [0.4, 0.5) is 0 Å². The molecular formula is C13H12Br2N2O3. The van der Waals surface area contributed by atoms with Crippen LogP contribution in [0.25, 0.3) is 11.4 Å². The van der Waals surface area contributed by atoms with Gasteiger partial charge in [0.25, 0.3) is 5.56 Å². The molecule has 0 aliphatic carbocycles. The normalized spacial score (nSPS) is 10.6. The number of nitrogens with one attached hydrogen (secondary N) is 1. The molecule has 2 rings (SSSR count). The van der Waals surface area contributed by atoms with Crippen LogP contribution in [0.1, 0.15) is 5.69 Å². The molecule has 5 nitrogen and oxygen atoms in total. The lowest BCUT2D eigenvalue weighted by molar-refractivity contribution is 0.180. The number of hydrogen-bond acceptors (Lipinski definition) is 4. The van der Waals surface area contributed by atoms with Gasteiger partial charge >= 0.3 is 0 Å². The SMILES string of the molecule is COCc1nc(-c2cc(Br)ccc2OC)[nH]c(=O)c1Br. The van der Waals surface area contributed by atoms with Crippen LogP contribution in [-0.2, 0) is 11.3 Å². The monoisotopic (exact) mass is 402 g/mol. The van der Waals surface area contributed by atoms with E-state index in [2.05, 4.69) is 41.8 Å². The molecule has 2 aromatic rings. The van der Waals surface area contributed by atoms with E-state index in [9.17, 15) is 4.79 Å². The van der Waals surface area contributed by atoms with Gasteiger partial charge in [-0.2, -0.15) is 0 Å². The van der Waals surface area contributed by atoms with Crippen molar-refractivity contribution in [1.82, 2.24) is 9.97 Å². The van der Waals surface area contributed by atoms with Crippen LogP contribution in [0.5, 0.6) is 5.75 Å². The van der Waals surface area contributed by atoms with Crippen LogP contribution >= 0.6 is 31.9 Å².